The molecule has 4 nitrogen and oxygen atoms in total. The van der Waals surface area contributed by atoms with Crippen molar-refractivity contribution in [3.05, 3.63) is 11.3 Å². The van der Waals surface area contributed by atoms with Crippen LogP contribution < -0.4 is 11.1 Å². The Balaban J connectivity index is 1.91. The Morgan fingerprint density at radius 3 is 2.94 bits per heavy atom. The number of halogens is 1. The molecular formula is C10H15ClN4S. The van der Waals surface area contributed by atoms with Gasteiger partial charge < -0.3 is 11.1 Å². The highest BCUT2D eigenvalue weighted by atomic mass is 35.5. The largest absolute Gasteiger partial charge is 0.382 e. The molecule has 1 aliphatic rings. The number of aromatic nitrogens is 2. The van der Waals surface area contributed by atoms with E-state index in [1.54, 1.807) is 0 Å². The number of nitrogens with one attached hydrogen (secondary N) is 1. The normalized spacial score (nSPS) is 17.3. The number of nitrogen functional groups attached to an aromatic ring is 1. The summed E-state index contributed by atoms with van der Waals surface area (Å²) in [6.45, 7) is 0.913. The van der Waals surface area contributed by atoms with E-state index in [1.165, 1.54) is 30.7 Å². The molecule has 88 valence electrons. The van der Waals surface area contributed by atoms with E-state index in [4.69, 9.17) is 17.3 Å². The van der Waals surface area contributed by atoms with Crippen molar-refractivity contribution in [3.63, 3.8) is 0 Å². The van der Waals surface area contributed by atoms with Crippen molar-refractivity contribution in [2.24, 2.45) is 5.92 Å². The van der Waals surface area contributed by atoms with Crippen LogP contribution in [0.4, 0.5) is 11.6 Å². The highest BCUT2D eigenvalue weighted by molar-refractivity contribution is 7.99. The van der Waals surface area contributed by atoms with Crippen LogP contribution in [-0.2, 0) is 0 Å². The molecule has 0 aromatic carbocycles. The van der Waals surface area contributed by atoms with Crippen molar-refractivity contribution in [3.8, 4) is 0 Å². The van der Waals surface area contributed by atoms with Gasteiger partial charge in [0.1, 0.15) is 23.0 Å². The molecule has 1 aliphatic heterocycles. The minimum atomic E-state index is 0.332. The van der Waals surface area contributed by atoms with E-state index >= 15 is 0 Å². The molecule has 1 fully saturated rings. The van der Waals surface area contributed by atoms with Crippen LogP contribution in [0.1, 0.15) is 12.8 Å². The average Bonchev–Trinajstić information content (AvgIpc) is 2.32. The Bertz CT molecular complexity index is 355. The first-order valence-corrected chi connectivity index (χ1v) is 6.88. The van der Waals surface area contributed by atoms with Gasteiger partial charge in [-0.15, -0.1) is 0 Å². The average molecular weight is 259 g/mol. The van der Waals surface area contributed by atoms with Gasteiger partial charge in [-0.1, -0.05) is 11.6 Å². The second kappa shape index (κ2) is 5.59. The predicted molar refractivity (Wildman–Crippen MR) is 70.0 cm³/mol. The molecule has 2 heterocycles. The van der Waals surface area contributed by atoms with Crippen molar-refractivity contribution in [1.82, 2.24) is 9.97 Å². The zero-order valence-corrected chi connectivity index (χ0v) is 10.5. The van der Waals surface area contributed by atoms with Gasteiger partial charge in [0, 0.05) is 6.54 Å². The Labute approximate surface area is 104 Å². The maximum absolute atomic E-state index is 5.99. The van der Waals surface area contributed by atoms with Crippen LogP contribution >= 0.6 is 23.4 Å². The van der Waals surface area contributed by atoms with Gasteiger partial charge in [-0.2, -0.15) is 11.8 Å². The van der Waals surface area contributed by atoms with Crippen LogP contribution in [0, 0.1) is 5.92 Å². The first-order chi connectivity index (χ1) is 7.77. The maximum Gasteiger partial charge on any atom is 0.150 e. The zero-order chi connectivity index (χ0) is 11.4. The fourth-order valence-electron chi connectivity index (χ4n) is 1.70. The number of nitrogens with zero attached hydrogens (tertiary/aromatic N) is 2. The number of hydrogen-bond acceptors (Lipinski definition) is 5. The van der Waals surface area contributed by atoms with Gasteiger partial charge in [-0.3, -0.25) is 0 Å². The second-order valence-electron chi connectivity index (χ2n) is 3.86. The number of nitrogens with two attached hydrogens (primary N) is 1. The lowest BCUT2D eigenvalue weighted by molar-refractivity contribution is 0.515. The van der Waals surface area contributed by atoms with Crippen LogP contribution in [0.2, 0.25) is 5.02 Å². The molecule has 1 saturated heterocycles. The third-order valence-corrected chi connectivity index (χ3v) is 4.14. The molecule has 0 saturated carbocycles. The third kappa shape index (κ3) is 2.92. The van der Waals surface area contributed by atoms with Gasteiger partial charge in [0.15, 0.2) is 0 Å². The van der Waals surface area contributed by atoms with Gasteiger partial charge in [0.2, 0.25) is 0 Å². The molecule has 0 spiro atoms. The highest BCUT2D eigenvalue weighted by Gasteiger charge is 2.14. The Morgan fingerprint density at radius 1 is 1.44 bits per heavy atom. The van der Waals surface area contributed by atoms with Crippen LogP contribution in [-0.4, -0.2) is 28.0 Å². The van der Waals surface area contributed by atoms with Gasteiger partial charge in [0.05, 0.1) is 0 Å². The van der Waals surface area contributed by atoms with Crippen molar-refractivity contribution >= 4 is 35.0 Å². The minimum absolute atomic E-state index is 0.332. The fraction of sp³-hybridized carbons (Fsp3) is 0.600. The first kappa shape index (κ1) is 11.8. The quantitative estimate of drug-likeness (QED) is 0.871. The van der Waals surface area contributed by atoms with E-state index in [-0.39, 0.29) is 0 Å². The van der Waals surface area contributed by atoms with E-state index in [1.807, 2.05) is 11.8 Å². The predicted octanol–water partition coefficient (Wildman–Crippen LogP) is 2.27. The molecule has 0 amide bonds. The number of thioether (sulfide) groups is 1. The van der Waals surface area contributed by atoms with E-state index in [2.05, 4.69) is 15.3 Å². The van der Waals surface area contributed by atoms with Gasteiger partial charge in [0.25, 0.3) is 0 Å². The van der Waals surface area contributed by atoms with Crippen molar-refractivity contribution in [1.29, 1.82) is 0 Å². The summed E-state index contributed by atoms with van der Waals surface area (Å²) in [5.41, 5.74) is 5.60. The lowest BCUT2D eigenvalue weighted by Gasteiger charge is -2.21. The van der Waals surface area contributed by atoms with E-state index in [0.717, 1.165) is 6.54 Å². The first-order valence-electron chi connectivity index (χ1n) is 5.35. The van der Waals surface area contributed by atoms with Crippen LogP contribution in [0.15, 0.2) is 6.33 Å². The third-order valence-electron chi connectivity index (χ3n) is 2.72. The van der Waals surface area contributed by atoms with Gasteiger partial charge in [-0.05, 0) is 30.3 Å². The van der Waals surface area contributed by atoms with E-state index < -0.39 is 0 Å². The molecule has 1 aromatic heterocycles. The summed E-state index contributed by atoms with van der Waals surface area (Å²) < 4.78 is 0. The summed E-state index contributed by atoms with van der Waals surface area (Å²) in [6.07, 6.45) is 3.95. The molecule has 3 N–H and O–H groups in total. The van der Waals surface area contributed by atoms with Crippen LogP contribution in [0.5, 0.6) is 0 Å². The monoisotopic (exact) mass is 258 g/mol. The summed E-state index contributed by atoms with van der Waals surface area (Å²) in [5, 5.41) is 3.67. The zero-order valence-electron chi connectivity index (χ0n) is 8.95. The Morgan fingerprint density at radius 2 is 2.19 bits per heavy atom. The Hall–Kier alpha value is -0.680. The van der Waals surface area contributed by atoms with Gasteiger partial charge >= 0.3 is 0 Å². The molecule has 16 heavy (non-hydrogen) atoms. The van der Waals surface area contributed by atoms with Crippen LogP contribution in [0.3, 0.4) is 0 Å². The molecule has 0 aliphatic carbocycles. The molecule has 1 aromatic rings. The summed E-state index contributed by atoms with van der Waals surface area (Å²) in [6, 6.07) is 0. The minimum Gasteiger partial charge on any atom is -0.382 e. The number of anilines is 2. The van der Waals surface area contributed by atoms with Crippen molar-refractivity contribution < 1.29 is 0 Å². The standard InChI is InChI=1S/C10H15ClN4S/c11-8-9(12)14-6-15-10(8)13-5-7-1-3-16-4-2-7/h6-7H,1-5H2,(H3,12,13,14,15). The smallest absolute Gasteiger partial charge is 0.150 e. The number of hydrogen-bond donors (Lipinski definition) is 2. The molecule has 0 atom stereocenters. The highest BCUT2D eigenvalue weighted by Crippen LogP contribution is 2.26. The summed E-state index contributed by atoms with van der Waals surface area (Å²) >= 11 is 8.02. The molecule has 0 radical (unpaired) electrons. The molecule has 0 bridgehead atoms. The topological polar surface area (TPSA) is 63.8 Å². The Kier molecular flexibility index (Phi) is 4.12. The summed E-state index contributed by atoms with van der Waals surface area (Å²) in [5.74, 6) is 4.21. The van der Waals surface area contributed by atoms with Crippen LogP contribution in [0.25, 0.3) is 0 Å². The SMILES string of the molecule is Nc1ncnc(NCC2CCSCC2)c1Cl. The van der Waals surface area contributed by atoms with Crippen molar-refractivity contribution in [2.75, 3.05) is 29.1 Å². The number of rotatable bonds is 3. The molecule has 6 heteroatoms. The summed E-state index contributed by atoms with van der Waals surface area (Å²) in [4.78, 5) is 7.91. The lowest BCUT2D eigenvalue weighted by Crippen LogP contribution is -2.19. The fourth-order valence-corrected chi connectivity index (χ4v) is 3.07. The summed E-state index contributed by atoms with van der Waals surface area (Å²) in [7, 11) is 0. The van der Waals surface area contributed by atoms with E-state index in [9.17, 15) is 0 Å². The van der Waals surface area contributed by atoms with E-state index in [0.29, 0.717) is 22.6 Å². The lowest BCUT2D eigenvalue weighted by atomic mass is 10.0. The maximum atomic E-state index is 5.99. The molecule has 0 unspecified atom stereocenters. The second-order valence-corrected chi connectivity index (χ2v) is 5.46. The van der Waals surface area contributed by atoms with Crippen molar-refractivity contribution in [2.45, 2.75) is 12.8 Å². The molecule has 2 rings (SSSR count). The van der Waals surface area contributed by atoms with Gasteiger partial charge in [-0.25, -0.2) is 9.97 Å². The molecular weight excluding hydrogens is 244 g/mol.